The van der Waals surface area contributed by atoms with Crippen LogP contribution in [0.3, 0.4) is 0 Å². The first-order valence-corrected chi connectivity index (χ1v) is 4.96. The van der Waals surface area contributed by atoms with Gasteiger partial charge in [-0.3, -0.25) is 10.3 Å². The molecule has 6 N–H and O–H groups in total. The highest BCUT2D eigenvalue weighted by molar-refractivity contribution is 5.95. The Balaban J connectivity index is 2.90. The lowest BCUT2D eigenvalue weighted by molar-refractivity contribution is 0.397. The standard InChI is InChI=1S/C10H14FN5O2/c1-16(9(12)13)10(15-11)14-5-6-3-2-4-7(17)8(6)18/h2-4,17-18H,5H2,1H3,(H3,12,13)(H,14,15). The highest BCUT2D eigenvalue weighted by atomic mass is 19.2. The fourth-order valence-corrected chi connectivity index (χ4v) is 1.18. The van der Waals surface area contributed by atoms with Crippen LogP contribution in [0.1, 0.15) is 5.56 Å². The van der Waals surface area contributed by atoms with Crippen molar-refractivity contribution < 1.29 is 14.7 Å². The molecule has 18 heavy (non-hydrogen) atoms. The van der Waals surface area contributed by atoms with Crippen LogP contribution in [-0.4, -0.2) is 34.1 Å². The number of benzene rings is 1. The van der Waals surface area contributed by atoms with Crippen LogP contribution in [-0.2, 0) is 6.54 Å². The summed E-state index contributed by atoms with van der Waals surface area (Å²) in [7, 11) is 1.36. The van der Waals surface area contributed by atoms with E-state index < -0.39 is 0 Å². The molecule has 0 radical (unpaired) electrons. The molecule has 0 heterocycles. The summed E-state index contributed by atoms with van der Waals surface area (Å²) in [6.07, 6.45) is 0. The van der Waals surface area contributed by atoms with Crippen molar-refractivity contribution in [2.75, 3.05) is 7.05 Å². The molecule has 0 aliphatic carbocycles. The molecule has 0 aliphatic heterocycles. The van der Waals surface area contributed by atoms with Crippen LogP contribution >= 0.6 is 0 Å². The maximum Gasteiger partial charge on any atom is 0.229 e. The molecule has 1 aromatic carbocycles. The number of nitrogens with two attached hydrogens (primary N) is 1. The van der Waals surface area contributed by atoms with Crippen LogP contribution in [0.4, 0.5) is 4.48 Å². The van der Waals surface area contributed by atoms with Gasteiger partial charge in [-0.05, 0) is 6.07 Å². The van der Waals surface area contributed by atoms with Gasteiger partial charge in [0.25, 0.3) is 0 Å². The summed E-state index contributed by atoms with van der Waals surface area (Å²) in [5.74, 6) is -1.26. The van der Waals surface area contributed by atoms with Gasteiger partial charge in [0.1, 0.15) is 0 Å². The van der Waals surface area contributed by atoms with Gasteiger partial charge in [0.15, 0.2) is 17.5 Å². The van der Waals surface area contributed by atoms with Gasteiger partial charge in [-0.25, -0.2) is 4.99 Å². The zero-order chi connectivity index (χ0) is 13.7. The zero-order valence-electron chi connectivity index (χ0n) is 9.68. The van der Waals surface area contributed by atoms with E-state index in [4.69, 9.17) is 11.1 Å². The molecule has 0 unspecified atom stereocenters. The summed E-state index contributed by atoms with van der Waals surface area (Å²) in [5.41, 5.74) is 6.79. The van der Waals surface area contributed by atoms with Crippen molar-refractivity contribution in [3.63, 3.8) is 0 Å². The number of aromatic hydroxyl groups is 2. The molecule has 1 aromatic rings. The summed E-state index contributed by atoms with van der Waals surface area (Å²) < 4.78 is 12.5. The molecular formula is C10H14FN5O2. The molecule has 1 rings (SSSR count). The maximum atomic E-state index is 12.5. The van der Waals surface area contributed by atoms with Crippen LogP contribution in [0.25, 0.3) is 0 Å². The van der Waals surface area contributed by atoms with E-state index in [-0.39, 0.29) is 30.0 Å². The highest BCUT2D eigenvalue weighted by Gasteiger charge is 2.10. The number of nitrogens with zero attached hydrogens (tertiary/aromatic N) is 2. The molecule has 7 nitrogen and oxygen atoms in total. The molecule has 0 atom stereocenters. The molecule has 0 saturated carbocycles. The zero-order valence-corrected chi connectivity index (χ0v) is 9.68. The maximum absolute atomic E-state index is 12.5. The molecule has 0 bridgehead atoms. The number of hydrogen-bond acceptors (Lipinski definition) is 4. The molecule has 0 saturated heterocycles. The minimum Gasteiger partial charge on any atom is -0.504 e. The number of para-hydroxylation sites is 1. The minimum absolute atomic E-state index is 0.0793. The van der Waals surface area contributed by atoms with Crippen LogP contribution in [0.2, 0.25) is 0 Å². The normalized spacial score (nSPS) is 11.1. The fraction of sp³-hybridized carbons (Fsp3) is 0.200. The van der Waals surface area contributed by atoms with Crippen LogP contribution < -0.4 is 11.3 Å². The average Bonchev–Trinajstić information content (AvgIpc) is 2.34. The first-order chi connectivity index (χ1) is 8.47. The molecule has 0 aromatic heterocycles. The topological polar surface area (TPSA) is 118 Å². The van der Waals surface area contributed by atoms with Crippen molar-refractivity contribution in [1.29, 1.82) is 5.41 Å². The van der Waals surface area contributed by atoms with Gasteiger partial charge in [0.2, 0.25) is 5.96 Å². The Morgan fingerprint density at radius 2 is 2.22 bits per heavy atom. The number of nitrogens with one attached hydrogen (secondary N) is 2. The second-order valence-corrected chi connectivity index (χ2v) is 3.46. The third kappa shape index (κ3) is 3.00. The average molecular weight is 255 g/mol. The molecule has 0 aliphatic rings. The van der Waals surface area contributed by atoms with Crippen molar-refractivity contribution in [2.24, 2.45) is 10.7 Å². The predicted octanol–water partition coefficient (Wildman–Crippen LogP) is 0.253. The Morgan fingerprint density at radius 3 is 2.78 bits per heavy atom. The quantitative estimate of drug-likeness (QED) is 0.225. The van der Waals surface area contributed by atoms with Crippen LogP contribution in [0, 0.1) is 5.41 Å². The first-order valence-electron chi connectivity index (χ1n) is 4.96. The predicted molar refractivity (Wildman–Crippen MR) is 64.8 cm³/mol. The summed E-state index contributed by atoms with van der Waals surface area (Å²) >= 11 is 0. The fourth-order valence-electron chi connectivity index (χ4n) is 1.18. The molecular weight excluding hydrogens is 241 g/mol. The smallest absolute Gasteiger partial charge is 0.229 e. The number of phenols is 2. The summed E-state index contributed by atoms with van der Waals surface area (Å²) in [5, 5.41) is 25.9. The van der Waals surface area contributed by atoms with E-state index in [9.17, 15) is 14.7 Å². The second-order valence-electron chi connectivity index (χ2n) is 3.46. The number of phenolic OH excluding ortho intramolecular Hbond substituents is 2. The number of aliphatic imine (C=N–C) groups is 1. The van der Waals surface area contributed by atoms with Crippen molar-refractivity contribution in [3.8, 4) is 11.5 Å². The van der Waals surface area contributed by atoms with E-state index in [0.717, 1.165) is 4.90 Å². The van der Waals surface area contributed by atoms with Crippen LogP contribution in [0.5, 0.6) is 11.5 Å². The molecule has 0 amide bonds. The van der Waals surface area contributed by atoms with Gasteiger partial charge < -0.3 is 15.9 Å². The van der Waals surface area contributed by atoms with Gasteiger partial charge in [0.05, 0.1) is 6.54 Å². The van der Waals surface area contributed by atoms with E-state index in [2.05, 4.69) is 4.99 Å². The Bertz CT molecular complexity index is 477. The number of guanidine groups is 2. The van der Waals surface area contributed by atoms with E-state index in [0.29, 0.717) is 5.56 Å². The number of hydrogen-bond donors (Lipinski definition) is 5. The lowest BCUT2D eigenvalue weighted by Crippen LogP contribution is -2.43. The Labute approximate surface area is 103 Å². The van der Waals surface area contributed by atoms with E-state index >= 15 is 0 Å². The van der Waals surface area contributed by atoms with Gasteiger partial charge >= 0.3 is 0 Å². The third-order valence-corrected chi connectivity index (χ3v) is 2.26. The lowest BCUT2D eigenvalue weighted by Gasteiger charge is -2.16. The number of rotatable bonds is 2. The molecule has 98 valence electrons. The monoisotopic (exact) mass is 255 g/mol. The van der Waals surface area contributed by atoms with Gasteiger partial charge in [-0.15, -0.1) is 4.48 Å². The Hall–Kier alpha value is -2.51. The summed E-state index contributed by atoms with van der Waals surface area (Å²) in [6.45, 7) is -0.0793. The van der Waals surface area contributed by atoms with Crippen molar-refractivity contribution in [3.05, 3.63) is 23.8 Å². The lowest BCUT2D eigenvalue weighted by atomic mass is 10.2. The summed E-state index contributed by atoms with van der Waals surface area (Å²) in [4.78, 5) is 4.79. The van der Waals surface area contributed by atoms with Gasteiger partial charge in [0, 0.05) is 12.6 Å². The molecule has 0 spiro atoms. The third-order valence-electron chi connectivity index (χ3n) is 2.26. The van der Waals surface area contributed by atoms with E-state index in [1.807, 2.05) is 0 Å². The minimum atomic E-state index is -0.390. The Kier molecular flexibility index (Phi) is 4.30. The van der Waals surface area contributed by atoms with E-state index in [1.54, 1.807) is 0 Å². The van der Waals surface area contributed by atoms with Gasteiger partial charge in [-0.1, -0.05) is 12.1 Å². The van der Waals surface area contributed by atoms with Crippen molar-refractivity contribution in [1.82, 2.24) is 10.4 Å². The van der Waals surface area contributed by atoms with E-state index in [1.165, 1.54) is 30.8 Å². The molecule has 8 heteroatoms. The largest absolute Gasteiger partial charge is 0.504 e. The van der Waals surface area contributed by atoms with Gasteiger partial charge in [-0.2, -0.15) is 5.54 Å². The van der Waals surface area contributed by atoms with Crippen molar-refractivity contribution >= 4 is 11.9 Å². The summed E-state index contributed by atoms with van der Waals surface area (Å²) in [6, 6.07) is 4.37. The SMILES string of the molecule is CN(C(=N)N)C(=NCc1cccc(O)c1O)NF. The molecule has 0 fully saturated rings. The number of halogens is 1. The van der Waals surface area contributed by atoms with Crippen molar-refractivity contribution in [2.45, 2.75) is 6.54 Å². The Morgan fingerprint density at radius 1 is 1.56 bits per heavy atom. The highest BCUT2D eigenvalue weighted by Crippen LogP contribution is 2.28. The first kappa shape index (κ1) is 13.6. The second kappa shape index (κ2) is 5.71. The van der Waals surface area contributed by atoms with Crippen LogP contribution in [0.15, 0.2) is 23.2 Å².